The van der Waals surface area contributed by atoms with E-state index >= 15 is 0 Å². The number of aromatic nitrogens is 1. The number of nitrogens with zero attached hydrogens (tertiary/aromatic N) is 1. The SMILES string of the molecule is C=Cc1cncc(CO)c1C(C)O. The van der Waals surface area contributed by atoms with Gasteiger partial charge in [0.1, 0.15) is 0 Å². The van der Waals surface area contributed by atoms with Crippen molar-refractivity contribution in [2.24, 2.45) is 0 Å². The molecule has 1 rings (SSSR count). The highest BCUT2D eigenvalue weighted by atomic mass is 16.3. The van der Waals surface area contributed by atoms with Gasteiger partial charge in [-0.2, -0.15) is 0 Å². The van der Waals surface area contributed by atoms with Crippen LogP contribution in [0.4, 0.5) is 0 Å². The maximum absolute atomic E-state index is 9.46. The zero-order valence-electron chi connectivity index (χ0n) is 7.57. The van der Waals surface area contributed by atoms with Gasteiger partial charge >= 0.3 is 0 Å². The molecule has 0 radical (unpaired) electrons. The molecule has 1 atom stereocenters. The van der Waals surface area contributed by atoms with Crippen molar-refractivity contribution in [1.82, 2.24) is 4.98 Å². The molecular formula is C10H13NO2. The van der Waals surface area contributed by atoms with Crippen molar-refractivity contribution >= 4 is 6.08 Å². The summed E-state index contributed by atoms with van der Waals surface area (Å²) < 4.78 is 0. The minimum atomic E-state index is -0.613. The third-order valence-electron chi connectivity index (χ3n) is 1.91. The second-order valence-corrected chi connectivity index (χ2v) is 2.84. The van der Waals surface area contributed by atoms with E-state index in [2.05, 4.69) is 11.6 Å². The van der Waals surface area contributed by atoms with E-state index in [9.17, 15) is 5.11 Å². The molecular weight excluding hydrogens is 166 g/mol. The lowest BCUT2D eigenvalue weighted by Gasteiger charge is -2.12. The summed E-state index contributed by atoms with van der Waals surface area (Å²) in [6.45, 7) is 5.15. The molecule has 1 aromatic rings. The Balaban J connectivity index is 3.29. The highest BCUT2D eigenvalue weighted by Gasteiger charge is 2.10. The van der Waals surface area contributed by atoms with E-state index in [0.29, 0.717) is 11.1 Å². The predicted molar refractivity (Wildman–Crippen MR) is 50.9 cm³/mol. The summed E-state index contributed by atoms with van der Waals surface area (Å²) in [6, 6.07) is 0. The Morgan fingerprint density at radius 1 is 1.62 bits per heavy atom. The predicted octanol–water partition coefficient (Wildman–Crippen LogP) is 1.27. The van der Waals surface area contributed by atoms with E-state index < -0.39 is 6.10 Å². The van der Waals surface area contributed by atoms with Crippen LogP contribution in [0, 0.1) is 0 Å². The number of hydrogen-bond acceptors (Lipinski definition) is 3. The molecule has 0 aliphatic heterocycles. The van der Waals surface area contributed by atoms with Gasteiger partial charge in [-0.1, -0.05) is 12.7 Å². The number of pyridine rings is 1. The van der Waals surface area contributed by atoms with Gasteiger partial charge in [-0.25, -0.2) is 0 Å². The van der Waals surface area contributed by atoms with Crippen LogP contribution in [0.25, 0.3) is 6.08 Å². The smallest absolute Gasteiger partial charge is 0.0772 e. The Kier molecular flexibility index (Phi) is 3.17. The first-order valence-corrected chi connectivity index (χ1v) is 4.08. The molecule has 0 saturated carbocycles. The van der Waals surface area contributed by atoms with E-state index in [1.54, 1.807) is 25.4 Å². The summed E-state index contributed by atoms with van der Waals surface area (Å²) >= 11 is 0. The van der Waals surface area contributed by atoms with Crippen LogP contribution in [0.15, 0.2) is 19.0 Å². The fourth-order valence-electron chi connectivity index (χ4n) is 1.33. The van der Waals surface area contributed by atoms with Crippen molar-refractivity contribution in [2.75, 3.05) is 0 Å². The van der Waals surface area contributed by atoms with Gasteiger partial charge in [-0.3, -0.25) is 4.98 Å². The zero-order valence-corrected chi connectivity index (χ0v) is 7.57. The van der Waals surface area contributed by atoms with Crippen molar-refractivity contribution in [2.45, 2.75) is 19.6 Å². The monoisotopic (exact) mass is 179 g/mol. The highest BCUT2D eigenvalue weighted by molar-refractivity contribution is 5.53. The molecule has 1 aromatic heterocycles. The summed E-state index contributed by atoms with van der Waals surface area (Å²) in [7, 11) is 0. The maximum atomic E-state index is 9.46. The van der Waals surface area contributed by atoms with E-state index in [-0.39, 0.29) is 6.61 Å². The summed E-state index contributed by atoms with van der Waals surface area (Å²) in [5.41, 5.74) is 2.11. The molecule has 0 bridgehead atoms. The first-order valence-electron chi connectivity index (χ1n) is 4.08. The molecule has 70 valence electrons. The Morgan fingerprint density at radius 2 is 2.31 bits per heavy atom. The second-order valence-electron chi connectivity index (χ2n) is 2.84. The van der Waals surface area contributed by atoms with Crippen LogP contribution in [0.5, 0.6) is 0 Å². The van der Waals surface area contributed by atoms with Crippen molar-refractivity contribution in [3.8, 4) is 0 Å². The van der Waals surface area contributed by atoms with Crippen LogP contribution in [-0.2, 0) is 6.61 Å². The standard InChI is InChI=1S/C10H13NO2/c1-3-8-4-11-5-9(6-12)10(8)7(2)13/h3-5,7,12-13H,1,6H2,2H3. The molecule has 0 aliphatic carbocycles. The summed E-state index contributed by atoms with van der Waals surface area (Å²) in [4.78, 5) is 3.93. The van der Waals surface area contributed by atoms with Crippen molar-refractivity contribution in [3.05, 3.63) is 35.7 Å². The van der Waals surface area contributed by atoms with Gasteiger partial charge < -0.3 is 10.2 Å². The highest BCUT2D eigenvalue weighted by Crippen LogP contribution is 2.22. The van der Waals surface area contributed by atoms with Crippen LogP contribution < -0.4 is 0 Å². The van der Waals surface area contributed by atoms with Crippen LogP contribution in [0.3, 0.4) is 0 Å². The lowest BCUT2D eigenvalue weighted by molar-refractivity contribution is 0.193. The number of aliphatic hydroxyl groups is 2. The molecule has 0 aliphatic rings. The number of aliphatic hydroxyl groups excluding tert-OH is 2. The van der Waals surface area contributed by atoms with Crippen LogP contribution >= 0.6 is 0 Å². The number of rotatable bonds is 3. The Morgan fingerprint density at radius 3 is 2.77 bits per heavy atom. The molecule has 0 fully saturated rings. The molecule has 3 nitrogen and oxygen atoms in total. The Bertz CT molecular complexity index is 308. The lowest BCUT2D eigenvalue weighted by atomic mass is 10.0. The van der Waals surface area contributed by atoms with Crippen molar-refractivity contribution in [3.63, 3.8) is 0 Å². The molecule has 0 saturated heterocycles. The average molecular weight is 179 g/mol. The van der Waals surface area contributed by atoms with Gasteiger partial charge in [0.15, 0.2) is 0 Å². The van der Waals surface area contributed by atoms with Gasteiger partial charge in [0.25, 0.3) is 0 Å². The third kappa shape index (κ3) is 1.94. The fraction of sp³-hybridized carbons (Fsp3) is 0.300. The first kappa shape index (κ1) is 9.89. The molecule has 1 heterocycles. The lowest BCUT2D eigenvalue weighted by Crippen LogP contribution is -2.02. The molecule has 1 unspecified atom stereocenters. The van der Waals surface area contributed by atoms with Crippen LogP contribution in [-0.4, -0.2) is 15.2 Å². The second kappa shape index (κ2) is 4.16. The van der Waals surface area contributed by atoms with Gasteiger partial charge in [-0.05, 0) is 18.1 Å². The van der Waals surface area contributed by atoms with Gasteiger partial charge in [0, 0.05) is 18.0 Å². The summed E-state index contributed by atoms with van der Waals surface area (Å²) in [6.07, 6.45) is 4.18. The van der Waals surface area contributed by atoms with Crippen molar-refractivity contribution < 1.29 is 10.2 Å². The Hall–Kier alpha value is -1.19. The quantitative estimate of drug-likeness (QED) is 0.734. The summed E-state index contributed by atoms with van der Waals surface area (Å²) in [5, 5.41) is 18.5. The minimum Gasteiger partial charge on any atom is -0.392 e. The molecule has 13 heavy (non-hydrogen) atoms. The van der Waals surface area contributed by atoms with Gasteiger partial charge in [-0.15, -0.1) is 0 Å². The molecule has 0 spiro atoms. The summed E-state index contributed by atoms with van der Waals surface area (Å²) in [5.74, 6) is 0. The third-order valence-corrected chi connectivity index (χ3v) is 1.91. The number of hydrogen-bond donors (Lipinski definition) is 2. The normalized spacial score (nSPS) is 12.5. The minimum absolute atomic E-state index is 0.116. The largest absolute Gasteiger partial charge is 0.392 e. The van der Waals surface area contributed by atoms with Gasteiger partial charge in [0.05, 0.1) is 12.7 Å². The first-order chi connectivity index (χ1) is 6.20. The van der Waals surface area contributed by atoms with Crippen molar-refractivity contribution in [1.29, 1.82) is 0 Å². The molecule has 0 amide bonds. The Labute approximate surface area is 77.4 Å². The van der Waals surface area contributed by atoms with Crippen LogP contribution in [0.2, 0.25) is 0 Å². The average Bonchev–Trinajstić information content (AvgIpc) is 2.16. The molecule has 3 heteroatoms. The topological polar surface area (TPSA) is 53.4 Å². The van der Waals surface area contributed by atoms with E-state index in [4.69, 9.17) is 5.11 Å². The van der Waals surface area contributed by atoms with Crippen LogP contribution in [0.1, 0.15) is 29.7 Å². The van der Waals surface area contributed by atoms with E-state index in [0.717, 1.165) is 5.56 Å². The van der Waals surface area contributed by atoms with E-state index in [1.165, 1.54) is 0 Å². The molecule has 2 N–H and O–H groups in total. The van der Waals surface area contributed by atoms with E-state index in [1.807, 2.05) is 0 Å². The fourth-order valence-corrected chi connectivity index (χ4v) is 1.33. The maximum Gasteiger partial charge on any atom is 0.0772 e. The van der Waals surface area contributed by atoms with Gasteiger partial charge in [0.2, 0.25) is 0 Å². The molecule has 0 aromatic carbocycles. The zero-order chi connectivity index (χ0) is 9.84.